The Bertz CT molecular complexity index is 473. The Morgan fingerprint density at radius 3 is 2.81 bits per heavy atom. The molecule has 1 aliphatic rings. The number of methoxy groups -OCH3 is 1. The van der Waals surface area contributed by atoms with Crippen molar-refractivity contribution in [3.05, 3.63) is 28.2 Å². The maximum absolute atomic E-state index is 12.0. The van der Waals surface area contributed by atoms with Crippen LogP contribution < -0.4 is 10.6 Å². The molecule has 116 valence electrons. The smallest absolute Gasteiger partial charge is 0.239 e. The van der Waals surface area contributed by atoms with Crippen LogP contribution >= 0.6 is 15.9 Å². The third-order valence-corrected chi connectivity index (χ3v) is 4.56. The van der Waals surface area contributed by atoms with Crippen molar-refractivity contribution in [2.75, 3.05) is 19.0 Å². The molecule has 1 aromatic carbocycles. The van der Waals surface area contributed by atoms with Crippen LogP contribution in [0.25, 0.3) is 0 Å². The third kappa shape index (κ3) is 5.00. The van der Waals surface area contributed by atoms with E-state index in [2.05, 4.69) is 26.6 Å². The molecular weight excluding hydrogens is 332 g/mol. The highest BCUT2D eigenvalue weighted by atomic mass is 79.9. The van der Waals surface area contributed by atoms with Gasteiger partial charge >= 0.3 is 0 Å². The van der Waals surface area contributed by atoms with E-state index in [4.69, 9.17) is 4.74 Å². The summed E-state index contributed by atoms with van der Waals surface area (Å²) in [6.07, 6.45) is 5.96. The maximum atomic E-state index is 12.0. The summed E-state index contributed by atoms with van der Waals surface area (Å²) in [6.45, 7) is 0.803. The Hall–Kier alpha value is -1.07. The highest BCUT2D eigenvalue weighted by Crippen LogP contribution is 2.25. The van der Waals surface area contributed by atoms with Crippen LogP contribution in [0.1, 0.15) is 37.7 Å². The summed E-state index contributed by atoms with van der Waals surface area (Å²) >= 11 is 3.51. The lowest BCUT2D eigenvalue weighted by atomic mass is 9.95. The topological polar surface area (TPSA) is 50.4 Å². The molecule has 0 spiro atoms. The Labute approximate surface area is 134 Å². The van der Waals surface area contributed by atoms with Gasteiger partial charge in [-0.3, -0.25) is 4.79 Å². The first-order valence-electron chi connectivity index (χ1n) is 7.50. The van der Waals surface area contributed by atoms with Crippen LogP contribution in [-0.2, 0) is 16.1 Å². The molecule has 0 radical (unpaired) electrons. The SMILES string of the molecule is COCc1c(Br)cccc1NCC(=O)NC1CCCCC1. The van der Waals surface area contributed by atoms with Crippen LogP contribution in [0.3, 0.4) is 0 Å². The number of carbonyl (C=O) groups excluding carboxylic acids is 1. The number of carbonyl (C=O) groups is 1. The number of halogens is 1. The molecule has 0 saturated heterocycles. The summed E-state index contributed by atoms with van der Waals surface area (Å²) in [7, 11) is 1.67. The molecular formula is C16H23BrN2O2. The van der Waals surface area contributed by atoms with E-state index in [0.29, 0.717) is 19.2 Å². The van der Waals surface area contributed by atoms with Crippen molar-refractivity contribution in [3.63, 3.8) is 0 Å². The lowest BCUT2D eigenvalue weighted by molar-refractivity contribution is -0.120. The van der Waals surface area contributed by atoms with Gasteiger partial charge in [-0.15, -0.1) is 0 Å². The highest BCUT2D eigenvalue weighted by Gasteiger charge is 2.15. The monoisotopic (exact) mass is 354 g/mol. The maximum Gasteiger partial charge on any atom is 0.239 e. The van der Waals surface area contributed by atoms with E-state index >= 15 is 0 Å². The standard InChI is InChI=1S/C16H23BrN2O2/c1-21-11-13-14(17)8-5-9-15(13)18-10-16(20)19-12-6-3-2-4-7-12/h5,8-9,12,18H,2-4,6-7,10-11H2,1H3,(H,19,20). The number of nitrogens with one attached hydrogen (secondary N) is 2. The average molecular weight is 355 g/mol. The normalized spacial score (nSPS) is 15.7. The second-order valence-electron chi connectivity index (χ2n) is 5.45. The second-order valence-corrected chi connectivity index (χ2v) is 6.31. The zero-order valence-electron chi connectivity index (χ0n) is 12.5. The molecule has 0 aliphatic heterocycles. The number of amides is 1. The predicted molar refractivity (Wildman–Crippen MR) is 88.4 cm³/mol. The van der Waals surface area contributed by atoms with E-state index in [1.54, 1.807) is 7.11 Å². The van der Waals surface area contributed by atoms with Gasteiger partial charge in [0.2, 0.25) is 5.91 Å². The molecule has 0 aromatic heterocycles. The fraction of sp³-hybridized carbons (Fsp3) is 0.562. The van der Waals surface area contributed by atoms with E-state index in [0.717, 1.165) is 28.6 Å². The molecule has 1 fully saturated rings. The van der Waals surface area contributed by atoms with Gasteiger partial charge in [-0.05, 0) is 25.0 Å². The van der Waals surface area contributed by atoms with Crippen molar-refractivity contribution in [2.24, 2.45) is 0 Å². The Morgan fingerprint density at radius 1 is 1.33 bits per heavy atom. The van der Waals surface area contributed by atoms with E-state index in [1.807, 2.05) is 18.2 Å². The van der Waals surface area contributed by atoms with E-state index < -0.39 is 0 Å². The van der Waals surface area contributed by atoms with Crippen molar-refractivity contribution in [3.8, 4) is 0 Å². The summed E-state index contributed by atoms with van der Waals surface area (Å²) in [4.78, 5) is 12.0. The molecule has 4 nitrogen and oxygen atoms in total. The minimum absolute atomic E-state index is 0.0604. The minimum Gasteiger partial charge on any atom is -0.380 e. The van der Waals surface area contributed by atoms with Gasteiger partial charge in [0, 0.05) is 28.9 Å². The lowest BCUT2D eigenvalue weighted by Gasteiger charge is -2.23. The average Bonchev–Trinajstić information content (AvgIpc) is 2.49. The van der Waals surface area contributed by atoms with E-state index in [-0.39, 0.29) is 5.91 Å². The lowest BCUT2D eigenvalue weighted by Crippen LogP contribution is -2.39. The molecule has 21 heavy (non-hydrogen) atoms. The quantitative estimate of drug-likeness (QED) is 0.822. The van der Waals surface area contributed by atoms with Crippen LogP contribution in [0, 0.1) is 0 Å². The Kier molecular flexibility index (Phi) is 6.51. The van der Waals surface area contributed by atoms with Crippen LogP contribution in [-0.4, -0.2) is 25.6 Å². The van der Waals surface area contributed by atoms with E-state index in [1.165, 1.54) is 19.3 Å². The molecule has 0 atom stereocenters. The predicted octanol–water partition coefficient (Wildman–Crippen LogP) is 3.46. The van der Waals surface area contributed by atoms with Crippen LogP contribution in [0.15, 0.2) is 22.7 Å². The zero-order valence-corrected chi connectivity index (χ0v) is 14.0. The molecule has 1 aliphatic carbocycles. The van der Waals surface area contributed by atoms with Gasteiger partial charge in [-0.25, -0.2) is 0 Å². The fourth-order valence-corrected chi connectivity index (χ4v) is 3.20. The molecule has 5 heteroatoms. The molecule has 1 aromatic rings. The van der Waals surface area contributed by atoms with Crippen LogP contribution in [0.2, 0.25) is 0 Å². The fourth-order valence-electron chi connectivity index (χ4n) is 2.72. The molecule has 2 rings (SSSR count). The first kappa shape index (κ1) is 16.3. The minimum atomic E-state index is 0.0604. The van der Waals surface area contributed by atoms with Gasteiger partial charge in [0.1, 0.15) is 0 Å². The number of hydrogen-bond acceptors (Lipinski definition) is 3. The van der Waals surface area contributed by atoms with Crippen molar-refractivity contribution in [1.29, 1.82) is 0 Å². The summed E-state index contributed by atoms with van der Waals surface area (Å²) in [5.41, 5.74) is 1.97. The van der Waals surface area contributed by atoms with Gasteiger partial charge in [0.25, 0.3) is 0 Å². The number of rotatable bonds is 6. The summed E-state index contributed by atoms with van der Waals surface area (Å²) in [6, 6.07) is 6.24. The van der Waals surface area contributed by atoms with Gasteiger partial charge in [-0.2, -0.15) is 0 Å². The summed E-state index contributed by atoms with van der Waals surface area (Å²) in [5, 5.41) is 6.32. The van der Waals surface area contributed by atoms with Crippen LogP contribution in [0.5, 0.6) is 0 Å². The van der Waals surface area contributed by atoms with Crippen molar-refractivity contribution < 1.29 is 9.53 Å². The molecule has 0 unspecified atom stereocenters. The second kappa shape index (κ2) is 8.39. The van der Waals surface area contributed by atoms with Crippen LogP contribution in [0.4, 0.5) is 5.69 Å². The highest BCUT2D eigenvalue weighted by molar-refractivity contribution is 9.10. The molecule has 2 N–H and O–H groups in total. The first-order chi connectivity index (χ1) is 10.2. The van der Waals surface area contributed by atoms with Gasteiger partial charge < -0.3 is 15.4 Å². The van der Waals surface area contributed by atoms with Gasteiger partial charge in [0.15, 0.2) is 0 Å². The number of ether oxygens (including phenoxy) is 1. The van der Waals surface area contributed by atoms with Crippen molar-refractivity contribution in [1.82, 2.24) is 5.32 Å². The molecule has 1 amide bonds. The summed E-state index contributed by atoms with van der Waals surface area (Å²) < 4.78 is 6.20. The van der Waals surface area contributed by atoms with E-state index in [9.17, 15) is 4.79 Å². The third-order valence-electron chi connectivity index (χ3n) is 3.82. The number of benzene rings is 1. The molecule has 1 saturated carbocycles. The first-order valence-corrected chi connectivity index (χ1v) is 8.29. The van der Waals surface area contributed by atoms with Gasteiger partial charge in [-0.1, -0.05) is 41.3 Å². The number of hydrogen-bond donors (Lipinski definition) is 2. The Balaban J connectivity index is 1.87. The van der Waals surface area contributed by atoms with Gasteiger partial charge in [0.05, 0.1) is 13.2 Å². The van der Waals surface area contributed by atoms with Crippen molar-refractivity contribution in [2.45, 2.75) is 44.8 Å². The molecule has 0 bridgehead atoms. The zero-order chi connectivity index (χ0) is 15.1. The largest absolute Gasteiger partial charge is 0.380 e. The van der Waals surface area contributed by atoms with Crippen molar-refractivity contribution >= 4 is 27.5 Å². The Morgan fingerprint density at radius 2 is 2.10 bits per heavy atom. The summed E-state index contributed by atoms with van der Waals surface area (Å²) in [5.74, 6) is 0.0604. The molecule has 0 heterocycles. The number of anilines is 1.